The van der Waals surface area contributed by atoms with E-state index in [1.165, 1.54) is 13.0 Å². The van der Waals surface area contributed by atoms with E-state index in [1.54, 1.807) is 0 Å². The molecule has 0 saturated carbocycles. The van der Waals surface area contributed by atoms with Gasteiger partial charge in [0.15, 0.2) is 0 Å². The van der Waals surface area contributed by atoms with Crippen molar-refractivity contribution in [3.63, 3.8) is 0 Å². The standard InChI is InChI=1S/C11H20N2/c1-4-5-8-13-9-6-7-12-11(2,3)10-13/h1,12H,5-10H2,2-3H3. The average Bonchev–Trinajstić information content (AvgIpc) is 2.22. The molecule has 0 bridgehead atoms. The fraction of sp³-hybridized carbons (Fsp3) is 0.818. The highest BCUT2D eigenvalue weighted by atomic mass is 15.2. The van der Waals surface area contributed by atoms with Crippen molar-refractivity contribution in [1.29, 1.82) is 0 Å². The van der Waals surface area contributed by atoms with Crippen LogP contribution in [0.15, 0.2) is 0 Å². The maximum atomic E-state index is 5.26. The quantitative estimate of drug-likeness (QED) is 0.640. The first-order valence-electron chi connectivity index (χ1n) is 5.05. The molecular weight excluding hydrogens is 160 g/mol. The molecule has 0 aliphatic carbocycles. The van der Waals surface area contributed by atoms with Gasteiger partial charge in [-0.05, 0) is 33.4 Å². The maximum absolute atomic E-state index is 5.26. The van der Waals surface area contributed by atoms with Crippen LogP contribution in [0.25, 0.3) is 0 Å². The molecule has 1 heterocycles. The minimum atomic E-state index is 0.241. The predicted molar refractivity (Wildman–Crippen MR) is 56.6 cm³/mol. The van der Waals surface area contributed by atoms with Crippen LogP contribution in [0.2, 0.25) is 0 Å². The van der Waals surface area contributed by atoms with Crippen molar-refractivity contribution >= 4 is 0 Å². The second-order valence-electron chi connectivity index (χ2n) is 4.39. The Labute approximate surface area is 81.7 Å². The first-order valence-corrected chi connectivity index (χ1v) is 5.05. The molecule has 0 unspecified atom stereocenters. The molecule has 0 atom stereocenters. The second-order valence-corrected chi connectivity index (χ2v) is 4.39. The molecule has 74 valence electrons. The Morgan fingerprint density at radius 3 is 3.00 bits per heavy atom. The number of hydrogen-bond donors (Lipinski definition) is 1. The van der Waals surface area contributed by atoms with Crippen molar-refractivity contribution in [2.45, 2.75) is 32.2 Å². The van der Waals surface area contributed by atoms with Gasteiger partial charge in [0.2, 0.25) is 0 Å². The van der Waals surface area contributed by atoms with E-state index in [4.69, 9.17) is 6.42 Å². The van der Waals surface area contributed by atoms with E-state index in [2.05, 4.69) is 30.0 Å². The van der Waals surface area contributed by atoms with E-state index in [0.717, 1.165) is 26.1 Å². The summed E-state index contributed by atoms with van der Waals surface area (Å²) >= 11 is 0. The summed E-state index contributed by atoms with van der Waals surface area (Å²) in [6.45, 7) is 8.95. The molecule has 13 heavy (non-hydrogen) atoms. The summed E-state index contributed by atoms with van der Waals surface area (Å²) in [5, 5.41) is 3.53. The van der Waals surface area contributed by atoms with Gasteiger partial charge in [0, 0.05) is 25.0 Å². The summed E-state index contributed by atoms with van der Waals surface area (Å²) in [6, 6.07) is 0. The predicted octanol–water partition coefficient (Wildman–Crippen LogP) is 1.08. The van der Waals surface area contributed by atoms with Crippen molar-refractivity contribution in [3.8, 4) is 12.3 Å². The fourth-order valence-electron chi connectivity index (χ4n) is 1.84. The van der Waals surface area contributed by atoms with Crippen LogP contribution in [-0.4, -0.2) is 36.6 Å². The van der Waals surface area contributed by atoms with Gasteiger partial charge in [-0.25, -0.2) is 0 Å². The zero-order valence-corrected chi connectivity index (χ0v) is 8.77. The molecule has 1 aliphatic rings. The van der Waals surface area contributed by atoms with E-state index in [0.29, 0.717) is 0 Å². The van der Waals surface area contributed by atoms with E-state index in [1.807, 2.05) is 0 Å². The maximum Gasteiger partial charge on any atom is 0.0252 e. The zero-order valence-electron chi connectivity index (χ0n) is 8.77. The number of nitrogens with one attached hydrogen (secondary N) is 1. The van der Waals surface area contributed by atoms with Crippen LogP contribution in [0.5, 0.6) is 0 Å². The van der Waals surface area contributed by atoms with E-state index in [9.17, 15) is 0 Å². The Morgan fingerprint density at radius 2 is 2.31 bits per heavy atom. The molecule has 2 nitrogen and oxygen atoms in total. The van der Waals surface area contributed by atoms with Crippen molar-refractivity contribution in [2.75, 3.05) is 26.2 Å². The van der Waals surface area contributed by atoms with Crippen molar-refractivity contribution in [3.05, 3.63) is 0 Å². The van der Waals surface area contributed by atoms with Crippen LogP contribution in [0.4, 0.5) is 0 Å². The molecule has 1 rings (SSSR count). The van der Waals surface area contributed by atoms with Crippen LogP contribution < -0.4 is 5.32 Å². The average molecular weight is 180 g/mol. The Balaban J connectivity index is 2.41. The van der Waals surface area contributed by atoms with Gasteiger partial charge in [-0.2, -0.15) is 0 Å². The molecule has 0 aromatic rings. The first kappa shape index (κ1) is 10.6. The topological polar surface area (TPSA) is 15.3 Å². The number of terminal acetylenes is 1. The molecule has 1 N–H and O–H groups in total. The molecule has 1 fully saturated rings. The smallest absolute Gasteiger partial charge is 0.0252 e. The highest BCUT2D eigenvalue weighted by Gasteiger charge is 2.23. The third-order valence-electron chi connectivity index (χ3n) is 2.45. The van der Waals surface area contributed by atoms with Gasteiger partial charge in [-0.15, -0.1) is 12.3 Å². The van der Waals surface area contributed by atoms with E-state index < -0.39 is 0 Å². The van der Waals surface area contributed by atoms with Crippen molar-refractivity contribution in [2.24, 2.45) is 0 Å². The molecule has 2 heteroatoms. The summed E-state index contributed by atoms with van der Waals surface area (Å²) in [4.78, 5) is 2.46. The normalized spacial score (nSPS) is 23.5. The molecule has 0 aromatic carbocycles. The summed E-state index contributed by atoms with van der Waals surface area (Å²) in [6.07, 6.45) is 7.36. The highest BCUT2D eigenvalue weighted by Crippen LogP contribution is 2.10. The monoisotopic (exact) mass is 180 g/mol. The van der Waals surface area contributed by atoms with E-state index >= 15 is 0 Å². The van der Waals surface area contributed by atoms with Gasteiger partial charge in [0.05, 0.1) is 0 Å². The van der Waals surface area contributed by atoms with Gasteiger partial charge in [0.1, 0.15) is 0 Å². The zero-order chi connectivity index (χ0) is 9.73. The third kappa shape index (κ3) is 3.80. The van der Waals surface area contributed by atoms with Crippen molar-refractivity contribution in [1.82, 2.24) is 10.2 Å². The molecule has 1 aliphatic heterocycles. The van der Waals surface area contributed by atoms with Crippen molar-refractivity contribution < 1.29 is 0 Å². The summed E-state index contributed by atoms with van der Waals surface area (Å²) in [5.74, 6) is 2.70. The highest BCUT2D eigenvalue weighted by molar-refractivity contribution is 4.88. The van der Waals surface area contributed by atoms with Crippen LogP contribution >= 0.6 is 0 Å². The number of hydrogen-bond acceptors (Lipinski definition) is 2. The lowest BCUT2D eigenvalue weighted by Crippen LogP contribution is -2.46. The largest absolute Gasteiger partial charge is 0.310 e. The van der Waals surface area contributed by atoms with Crippen LogP contribution in [-0.2, 0) is 0 Å². The number of rotatable bonds is 2. The first-order chi connectivity index (χ1) is 6.14. The third-order valence-corrected chi connectivity index (χ3v) is 2.45. The Hall–Kier alpha value is -0.520. The Bertz CT molecular complexity index is 191. The lowest BCUT2D eigenvalue weighted by atomic mass is 10.1. The lowest BCUT2D eigenvalue weighted by molar-refractivity contribution is 0.236. The molecular formula is C11H20N2. The number of nitrogens with zero attached hydrogens (tertiary/aromatic N) is 1. The SMILES string of the molecule is C#CCCN1CCCNC(C)(C)C1. The van der Waals surface area contributed by atoms with Gasteiger partial charge >= 0.3 is 0 Å². The van der Waals surface area contributed by atoms with Gasteiger partial charge in [-0.3, -0.25) is 0 Å². The molecule has 0 aromatic heterocycles. The summed E-state index contributed by atoms with van der Waals surface area (Å²) < 4.78 is 0. The van der Waals surface area contributed by atoms with Crippen LogP contribution in [0, 0.1) is 12.3 Å². The summed E-state index contributed by atoms with van der Waals surface area (Å²) in [5.41, 5.74) is 0.241. The molecule has 1 saturated heterocycles. The van der Waals surface area contributed by atoms with Crippen LogP contribution in [0.3, 0.4) is 0 Å². The molecule has 0 amide bonds. The molecule has 0 radical (unpaired) electrons. The lowest BCUT2D eigenvalue weighted by Gasteiger charge is -2.29. The van der Waals surface area contributed by atoms with Gasteiger partial charge in [0.25, 0.3) is 0 Å². The minimum Gasteiger partial charge on any atom is -0.310 e. The fourth-order valence-corrected chi connectivity index (χ4v) is 1.84. The Morgan fingerprint density at radius 1 is 1.54 bits per heavy atom. The minimum absolute atomic E-state index is 0.241. The second kappa shape index (κ2) is 4.64. The Kier molecular flexibility index (Phi) is 3.77. The van der Waals surface area contributed by atoms with Gasteiger partial charge < -0.3 is 10.2 Å². The van der Waals surface area contributed by atoms with Crippen LogP contribution in [0.1, 0.15) is 26.7 Å². The molecule has 0 spiro atoms. The van der Waals surface area contributed by atoms with Gasteiger partial charge in [-0.1, -0.05) is 0 Å². The van der Waals surface area contributed by atoms with E-state index in [-0.39, 0.29) is 5.54 Å². The summed E-state index contributed by atoms with van der Waals surface area (Å²) in [7, 11) is 0.